The second kappa shape index (κ2) is 6.46. The van der Waals surface area contributed by atoms with Crippen LogP contribution in [0.1, 0.15) is 56.8 Å². The third kappa shape index (κ3) is 3.55. The average Bonchev–Trinajstić information content (AvgIpc) is 2.53. The summed E-state index contributed by atoms with van der Waals surface area (Å²) in [6, 6.07) is 5.38. The summed E-state index contributed by atoms with van der Waals surface area (Å²) in [7, 11) is 0. The summed E-state index contributed by atoms with van der Waals surface area (Å²) in [5.74, 6) is 0.802. The van der Waals surface area contributed by atoms with Gasteiger partial charge in [0.2, 0.25) is 0 Å². The van der Waals surface area contributed by atoms with Gasteiger partial charge in [0.25, 0.3) is 11.8 Å². The third-order valence-electron chi connectivity index (χ3n) is 5.07. The van der Waals surface area contributed by atoms with E-state index in [1.54, 1.807) is 18.2 Å². The first-order valence-corrected chi connectivity index (χ1v) is 8.72. The van der Waals surface area contributed by atoms with Crippen LogP contribution in [0.5, 0.6) is 5.75 Å². The largest absolute Gasteiger partial charge is 0.482 e. The van der Waals surface area contributed by atoms with Gasteiger partial charge >= 0.3 is 0 Å². The van der Waals surface area contributed by atoms with E-state index in [4.69, 9.17) is 4.74 Å². The summed E-state index contributed by atoms with van der Waals surface area (Å²) in [4.78, 5) is 24.0. The Morgan fingerprint density at radius 1 is 1.25 bits per heavy atom. The van der Waals surface area contributed by atoms with Crippen molar-refractivity contribution in [2.24, 2.45) is 11.3 Å². The second-order valence-corrected chi connectivity index (χ2v) is 7.88. The van der Waals surface area contributed by atoms with Gasteiger partial charge in [-0.05, 0) is 42.4 Å². The lowest BCUT2D eigenvalue weighted by Crippen LogP contribution is -2.46. The van der Waals surface area contributed by atoms with E-state index < -0.39 is 0 Å². The van der Waals surface area contributed by atoms with Crippen LogP contribution in [0.3, 0.4) is 0 Å². The highest BCUT2D eigenvalue weighted by molar-refractivity contribution is 5.99. The number of anilines is 1. The van der Waals surface area contributed by atoms with Crippen molar-refractivity contribution in [3.8, 4) is 5.75 Å². The zero-order chi connectivity index (χ0) is 17.3. The normalized spacial score (nSPS) is 23.7. The van der Waals surface area contributed by atoms with Crippen molar-refractivity contribution in [2.75, 3.05) is 11.9 Å². The Balaban J connectivity index is 1.73. The number of hydrogen-bond donors (Lipinski definition) is 2. The van der Waals surface area contributed by atoms with E-state index in [2.05, 4.69) is 31.4 Å². The second-order valence-electron chi connectivity index (χ2n) is 7.88. The van der Waals surface area contributed by atoms with Gasteiger partial charge in [-0.15, -0.1) is 0 Å². The molecule has 2 N–H and O–H groups in total. The summed E-state index contributed by atoms with van der Waals surface area (Å²) in [5.41, 5.74) is 1.37. The zero-order valence-corrected chi connectivity index (χ0v) is 14.6. The molecule has 5 heteroatoms. The molecule has 2 unspecified atom stereocenters. The number of nitrogens with one attached hydrogen (secondary N) is 2. The molecule has 1 saturated carbocycles. The van der Waals surface area contributed by atoms with E-state index in [1.807, 2.05) is 0 Å². The number of carbonyl (C=O) groups is 2. The molecular formula is C19H26N2O3. The van der Waals surface area contributed by atoms with Crippen LogP contribution in [0.4, 0.5) is 5.69 Å². The Labute approximate surface area is 143 Å². The number of benzene rings is 1. The van der Waals surface area contributed by atoms with Crippen molar-refractivity contribution < 1.29 is 14.3 Å². The van der Waals surface area contributed by atoms with E-state index in [1.165, 1.54) is 6.42 Å². The maximum absolute atomic E-state index is 12.7. The lowest BCUT2D eigenvalue weighted by atomic mass is 9.69. The molecule has 0 bridgehead atoms. The van der Waals surface area contributed by atoms with Gasteiger partial charge in [0.05, 0.1) is 5.69 Å². The van der Waals surface area contributed by atoms with Crippen molar-refractivity contribution in [3.63, 3.8) is 0 Å². The van der Waals surface area contributed by atoms with Gasteiger partial charge in [0.1, 0.15) is 5.75 Å². The lowest BCUT2D eigenvalue weighted by molar-refractivity contribution is -0.118. The fourth-order valence-electron chi connectivity index (χ4n) is 3.81. The highest BCUT2D eigenvalue weighted by Gasteiger charge is 2.35. The molecule has 3 rings (SSSR count). The van der Waals surface area contributed by atoms with Crippen LogP contribution in [-0.4, -0.2) is 24.5 Å². The van der Waals surface area contributed by atoms with Crippen molar-refractivity contribution in [1.82, 2.24) is 5.32 Å². The molecule has 1 aliphatic heterocycles. The molecule has 2 aliphatic rings. The predicted octanol–water partition coefficient (Wildman–Crippen LogP) is 3.35. The topological polar surface area (TPSA) is 67.4 Å². The van der Waals surface area contributed by atoms with Crippen molar-refractivity contribution in [1.29, 1.82) is 0 Å². The molecule has 2 amide bonds. The number of hydrogen-bond acceptors (Lipinski definition) is 3. The number of fused-ring (bicyclic) bond motifs is 1. The molecule has 0 radical (unpaired) electrons. The first-order valence-electron chi connectivity index (χ1n) is 8.72. The standard InChI is InChI=1S/C19H26N2O3/c1-19(2,3)13-6-4-5-7-14(13)21-18(23)12-8-9-15-16(10-12)24-11-17(22)20-15/h8-10,13-14H,4-7,11H2,1-3H3,(H,20,22)(H,21,23). The van der Waals surface area contributed by atoms with Crippen molar-refractivity contribution >= 4 is 17.5 Å². The summed E-state index contributed by atoms with van der Waals surface area (Å²) in [5, 5.41) is 5.96. The number of rotatable bonds is 2. The molecule has 1 aromatic carbocycles. The average molecular weight is 330 g/mol. The molecule has 5 nitrogen and oxygen atoms in total. The first-order chi connectivity index (χ1) is 11.3. The van der Waals surface area contributed by atoms with E-state index in [-0.39, 0.29) is 29.9 Å². The van der Waals surface area contributed by atoms with Crippen LogP contribution < -0.4 is 15.4 Å². The molecule has 1 aromatic rings. The number of ether oxygens (including phenoxy) is 1. The van der Waals surface area contributed by atoms with Gasteiger partial charge in [0.15, 0.2) is 6.61 Å². The number of amides is 2. The molecule has 1 fully saturated rings. The first kappa shape index (κ1) is 16.8. The molecule has 130 valence electrons. The van der Waals surface area contributed by atoms with Crippen molar-refractivity contribution in [3.05, 3.63) is 23.8 Å². The monoisotopic (exact) mass is 330 g/mol. The van der Waals surface area contributed by atoms with Gasteiger partial charge in [-0.1, -0.05) is 33.6 Å². The molecule has 2 atom stereocenters. The minimum atomic E-state index is -0.171. The minimum absolute atomic E-state index is 0.00715. The Morgan fingerprint density at radius 3 is 2.75 bits per heavy atom. The van der Waals surface area contributed by atoms with Gasteiger partial charge in [-0.2, -0.15) is 0 Å². The Bertz CT molecular complexity index is 649. The van der Waals surface area contributed by atoms with Gasteiger partial charge in [-0.25, -0.2) is 0 Å². The molecular weight excluding hydrogens is 304 g/mol. The summed E-state index contributed by atoms with van der Waals surface area (Å²) < 4.78 is 5.40. The van der Waals surface area contributed by atoms with E-state index >= 15 is 0 Å². The molecule has 0 spiro atoms. The van der Waals surface area contributed by atoms with Crippen LogP contribution in [-0.2, 0) is 4.79 Å². The van der Waals surface area contributed by atoms with Crippen LogP contribution in [0, 0.1) is 11.3 Å². The Hall–Kier alpha value is -2.04. The molecule has 0 aromatic heterocycles. The van der Waals surface area contributed by atoms with Crippen molar-refractivity contribution in [2.45, 2.75) is 52.5 Å². The van der Waals surface area contributed by atoms with E-state index in [0.717, 1.165) is 19.3 Å². The van der Waals surface area contributed by atoms with Gasteiger partial charge in [0, 0.05) is 11.6 Å². The van der Waals surface area contributed by atoms with Crippen LogP contribution >= 0.6 is 0 Å². The van der Waals surface area contributed by atoms with Crippen LogP contribution in [0.25, 0.3) is 0 Å². The number of carbonyl (C=O) groups excluding carboxylic acids is 2. The SMILES string of the molecule is CC(C)(C)C1CCCCC1NC(=O)c1ccc2c(c1)OCC(=O)N2. The van der Waals surface area contributed by atoms with E-state index in [9.17, 15) is 9.59 Å². The summed E-state index contributed by atoms with van der Waals surface area (Å²) in [6.07, 6.45) is 4.59. The Morgan fingerprint density at radius 2 is 2.00 bits per heavy atom. The quantitative estimate of drug-likeness (QED) is 0.874. The van der Waals surface area contributed by atoms with Crippen LogP contribution in [0.2, 0.25) is 0 Å². The lowest BCUT2D eigenvalue weighted by Gasteiger charge is -2.40. The maximum Gasteiger partial charge on any atom is 0.262 e. The molecule has 1 aliphatic carbocycles. The molecule has 1 heterocycles. The Kier molecular flexibility index (Phi) is 4.52. The highest BCUT2D eigenvalue weighted by Crippen LogP contribution is 2.38. The van der Waals surface area contributed by atoms with Gasteiger partial charge < -0.3 is 15.4 Å². The fourth-order valence-corrected chi connectivity index (χ4v) is 3.81. The highest BCUT2D eigenvalue weighted by atomic mass is 16.5. The summed E-state index contributed by atoms with van der Waals surface area (Å²) in [6.45, 7) is 6.74. The predicted molar refractivity (Wildman–Crippen MR) is 93.2 cm³/mol. The van der Waals surface area contributed by atoms with E-state index in [0.29, 0.717) is 22.9 Å². The smallest absolute Gasteiger partial charge is 0.262 e. The van der Waals surface area contributed by atoms with Crippen LogP contribution in [0.15, 0.2) is 18.2 Å². The maximum atomic E-state index is 12.7. The molecule has 0 saturated heterocycles. The fraction of sp³-hybridized carbons (Fsp3) is 0.579. The minimum Gasteiger partial charge on any atom is -0.482 e. The third-order valence-corrected chi connectivity index (χ3v) is 5.07. The molecule has 24 heavy (non-hydrogen) atoms. The zero-order valence-electron chi connectivity index (χ0n) is 14.6. The van der Waals surface area contributed by atoms with Gasteiger partial charge in [-0.3, -0.25) is 9.59 Å². The summed E-state index contributed by atoms with van der Waals surface area (Å²) >= 11 is 0.